The lowest BCUT2D eigenvalue weighted by atomic mass is 9.81. The zero-order valence-electron chi connectivity index (χ0n) is 15.3. The van der Waals surface area contributed by atoms with Crippen LogP contribution in [-0.4, -0.2) is 41.5 Å². The Labute approximate surface area is 149 Å². The van der Waals surface area contributed by atoms with Crippen LogP contribution in [0.15, 0.2) is 18.2 Å². The van der Waals surface area contributed by atoms with Gasteiger partial charge in [-0.15, -0.1) is 0 Å². The Morgan fingerprint density at radius 3 is 2.76 bits per heavy atom. The Hall–Kier alpha value is -1.88. The highest BCUT2D eigenvalue weighted by Crippen LogP contribution is 2.48. The molecule has 1 heterocycles. The number of amides is 1. The van der Waals surface area contributed by atoms with E-state index in [0.29, 0.717) is 6.54 Å². The number of carboxylic acids is 1. The molecule has 0 bridgehead atoms. The van der Waals surface area contributed by atoms with Crippen LogP contribution in [0.1, 0.15) is 48.9 Å². The number of nitrogens with zero attached hydrogens (tertiary/aromatic N) is 1. The number of carbonyl (C=O) groups is 2. The molecule has 2 aliphatic rings. The Balaban J connectivity index is 1.58. The van der Waals surface area contributed by atoms with Gasteiger partial charge >= 0.3 is 5.97 Å². The van der Waals surface area contributed by atoms with Crippen LogP contribution in [0.2, 0.25) is 0 Å². The smallest absolute Gasteiger partial charge is 0.311 e. The topological polar surface area (TPSA) is 69.6 Å². The number of aliphatic carboxylic acids is 1. The number of fused-ring (bicyclic) bond motifs is 1. The van der Waals surface area contributed by atoms with Crippen molar-refractivity contribution in [1.29, 1.82) is 0 Å². The minimum Gasteiger partial charge on any atom is -0.481 e. The molecule has 0 radical (unpaired) electrons. The molecule has 1 aromatic rings. The Kier molecular flexibility index (Phi) is 4.87. The Morgan fingerprint density at radius 2 is 2.12 bits per heavy atom. The van der Waals surface area contributed by atoms with Crippen molar-refractivity contribution in [2.75, 3.05) is 19.6 Å². The van der Waals surface area contributed by atoms with Gasteiger partial charge in [0.15, 0.2) is 0 Å². The van der Waals surface area contributed by atoms with Crippen LogP contribution in [0.4, 0.5) is 0 Å². The SMILES string of the molecule is Cc1ccc(C(C)NC(=O)CN2C[C@@H]3CCC[C@@]3(C(=O)O)C2)cc1C. The number of benzene rings is 1. The maximum Gasteiger partial charge on any atom is 0.311 e. The summed E-state index contributed by atoms with van der Waals surface area (Å²) in [5.74, 6) is -0.539. The molecule has 25 heavy (non-hydrogen) atoms. The van der Waals surface area contributed by atoms with E-state index in [0.717, 1.165) is 31.4 Å². The first-order valence-electron chi connectivity index (χ1n) is 9.14. The quantitative estimate of drug-likeness (QED) is 0.862. The number of hydrogen-bond acceptors (Lipinski definition) is 3. The summed E-state index contributed by atoms with van der Waals surface area (Å²) in [5.41, 5.74) is 2.93. The second-order valence-corrected chi connectivity index (χ2v) is 7.85. The van der Waals surface area contributed by atoms with Crippen molar-refractivity contribution in [2.24, 2.45) is 11.3 Å². The van der Waals surface area contributed by atoms with Gasteiger partial charge in [0.25, 0.3) is 0 Å². The van der Waals surface area contributed by atoms with Gasteiger partial charge in [0, 0.05) is 13.1 Å². The summed E-state index contributed by atoms with van der Waals surface area (Å²) in [6.45, 7) is 7.63. The van der Waals surface area contributed by atoms with Crippen LogP contribution in [0, 0.1) is 25.2 Å². The molecular formula is C20H28N2O3. The minimum absolute atomic E-state index is 0.0359. The van der Waals surface area contributed by atoms with E-state index in [1.54, 1.807) is 0 Å². The van der Waals surface area contributed by atoms with Crippen molar-refractivity contribution in [3.63, 3.8) is 0 Å². The summed E-state index contributed by atoms with van der Waals surface area (Å²) in [6.07, 6.45) is 2.69. The normalized spacial score (nSPS) is 27.1. The zero-order chi connectivity index (χ0) is 18.2. The fourth-order valence-corrected chi connectivity index (χ4v) is 4.47. The summed E-state index contributed by atoms with van der Waals surface area (Å²) < 4.78 is 0. The van der Waals surface area contributed by atoms with E-state index in [1.165, 1.54) is 11.1 Å². The van der Waals surface area contributed by atoms with Crippen molar-refractivity contribution < 1.29 is 14.7 Å². The maximum absolute atomic E-state index is 12.4. The third-order valence-electron chi connectivity index (χ3n) is 6.14. The van der Waals surface area contributed by atoms with Gasteiger partial charge in [-0.2, -0.15) is 0 Å². The number of carboxylic acid groups (broad SMARTS) is 1. The lowest BCUT2D eigenvalue weighted by Crippen LogP contribution is -2.40. The standard InChI is InChI=1S/C20H28N2O3/c1-13-6-7-16(9-14(13)2)15(3)21-18(23)11-22-10-17-5-4-8-20(17,12-22)19(24)25/h6-7,9,15,17H,4-5,8,10-12H2,1-3H3,(H,21,23)(H,24,25)/t15?,17-,20+/m0/s1. The van der Waals surface area contributed by atoms with Crippen LogP contribution in [0.3, 0.4) is 0 Å². The van der Waals surface area contributed by atoms with E-state index >= 15 is 0 Å². The van der Waals surface area contributed by atoms with Crippen LogP contribution >= 0.6 is 0 Å². The number of hydrogen-bond donors (Lipinski definition) is 2. The number of likely N-dealkylation sites (tertiary alicyclic amines) is 1. The second-order valence-electron chi connectivity index (χ2n) is 7.85. The van der Waals surface area contributed by atoms with E-state index < -0.39 is 11.4 Å². The van der Waals surface area contributed by atoms with Crippen molar-refractivity contribution in [1.82, 2.24) is 10.2 Å². The third kappa shape index (κ3) is 3.43. The molecule has 136 valence electrons. The van der Waals surface area contributed by atoms with Gasteiger partial charge in [-0.1, -0.05) is 24.6 Å². The number of carbonyl (C=O) groups excluding carboxylic acids is 1. The molecule has 2 fully saturated rings. The molecule has 1 saturated carbocycles. The number of aryl methyl sites for hydroxylation is 2. The average molecular weight is 344 g/mol. The molecule has 5 heteroatoms. The molecule has 1 saturated heterocycles. The van der Waals surface area contributed by atoms with Gasteiger partial charge in [0.2, 0.25) is 5.91 Å². The monoisotopic (exact) mass is 344 g/mol. The van der Waals surface area contributed by atoms with E-state index in [1.807, 2.05) is 17.9 Å². The van der Waals surface area contributed by atoms with Gasteiger partial charge < -0.3 is 10.4 Å². The molecule has 1 aliphatic carbocycles. The molecule has 1 aliphatic heterocycles. The second kappa shape index (κ2) is 6.79. The van der Waals surface area contributed by atoms with Crippen molar-refractivity contribution in [3.05, 3.63) is 34.9 Å². The summed E-state index contributed by atoms with van der Waals surface area (Å²) in [5, 5.41) is 12.7. The van der Waals surface area contributed by atoms with Gasteiger partial charge in [0.1, 0.15) is 0 Å². The molecule has 3 atom stereocenters. The first kappa shape index (κ1) is 17.9. The van der Waals surface area contributed by atoms with Gasteiger partial charge in [-0.25, -0.2) is 0 Å². The zero-order valence-corrected chi connectivity index (χ0v) is 15.3. The first-order valence-corrected chi connectivity index (χ1v) is 9.14. The Bertz CT molecular complexity index is 688. The highest BCUT2D eigenvalue weighted by molar-refractivity contribution is 5.79. The molecule has 1 amide bonds. The van der Waals surface area contributed by atoms with E-state index in [-0.39, 0.29) is 24.4 Å². The number of rotatable bonds is 5. The maximum atomic E-state index is 12.4. The predicted octanol–water partition coefficient (Wildman–Crippen LogP) is 2.67. The van der Waals surface area contributed by atoms with Gasteiger partial charge in [0.05, 0.1) is 18.0 Å². The van der Waals surface area contributed by atoms with Crippen LogP contribution in [-0.2, 0) is 9.59 Å². The van der Waals surface area contributed by atoms with E-state index in [4.69, 9.17) is 0 Å². The van der Waals surface area contributed by atoms with Crippen LogP contribution in [0.5, 0.6) is 0 Å². The molecule has 2 N–H and O–H groups in total. The van der Waals surface area contributed by atoms with Gasteiger partial charge in [-0.3, -0.25) is 14.5 Å². The average Bonchev–Trinajstić information content (AvgIpc) is 3.07. The molecule has 1 aromatic carbocycles. The first-order chi connectivity index (χ1) is 11.8. The van der Waals surface area contributed by atoms with Gasteiger partial charge in [-0.05, 0) is 56.2 Å². The molecule has 3 rings (SSSR count). The minimum atomic E-state index is -0.693. The molecule has 1 unspecified atom stereocenters. The lowest BCUT2D eigenvalue weighted by molar-refractivity contribution is -0.149. The van der Waals surface area contributed by atoms with Crippen molar-refractivity contribution in [3.8, 4) is 0 Å². The highest BCUT2D eigenvalue weighted by atomic mass is 16.4. The third-order valence-corrected chi connectivity index (χ3v) is 6.14. The summed E-state index contributed by atoms with van der Waals surface area (Å²) in [7, 11) is 0. The highest BCUT2D eigenvalue weighted by Gasteiger charge is 2.54. The van der Waals surface area contributed by atoms with Crippen molar-refractivity contribution in [2.45, 2.75) is 46.1 Å². The largest absolute Gasteiger partial charge is 0.481 e. The fraction of sp³-hybridized carbons (Fsp3) is 0.600. The predicted molar refractivity (Wildman–Crippen MR) is 96.3 cm³/mol. The molecule has 5 nitrogen and oxygen atoms in total. The fourth-order valence-electron chi connectivity index (χ4n) is 4.47. The van der Waals surface area contributed by atoms with E-state index in [9.17, 15) is 14.7 Å². The number of nitrogens with one attached hydrogen (secondary N) is 1. The Morgan fingerprint density at radius 1 is 1.36 bits per heavy atom. The summed E-state index contributed by atoms with van der Waals surface area (Å²) >= 11 is 0. The lowest BCUT2D eigenvalue weighted by Gasteiger charge is -2.23. The van der Waals surface area contributed by atoms with Crippen molar-refractivity contribution >= 4 is 11.9 Å². The molecule has 0 aromatic heterocycles. The molecule has 0 spiro atoms. The summed E-state index contributed by atoms with van der Waals surface area (Å²) in [4.78, 5) is 26.2. The van der Waals surface area contributed by atoms with E-state index in [2.05, 4.69) is 31.3 Å². The van der Waals surface area contributed by atoms with Crippen LogP contribution < -0.4 is 5.32 Å². The molecular weight excluding hydrogens is 316 g/mol. The summed E-state index contributed by atoms with van der Waals surface area (Å²) in [6, 6.07) is 6.18. The van der Waals surface area contributed by atoms with Crippen LogP contribution in [0.25, 0.3) is 0 Å².